The summed E-state index contributed by atoms with van der Waals surface area (Å²) in [5.41, 5.74) is 2.07. The van der Waals surface area contributed by atoms with E-state index in [0.29, 0.717) is 33.7 Å². The average molecular weight is 313 g/mol. The van der Waals surface area contributed by atoms with Crippen LogP contribution in [0.4, 0.5) is 0 Å². The molecular formula is C14H11N5O2S. The zero-order valence-electron chi connectivity index (χ0n) is 11.7. The molecular weight excluding hydrogens is 302 g/mol. The summed E-state index contributed by atoms with van der Waals surface area (Å²) in [6, 6.07) is 1.92. The van der Waals surface area contributed by atoms with E-state index in [0.717, 1.165) is 18.4 Å². The van der Waals surface area contributed by atoms with Crippen LogP contribution in [0, 0.1) is 0 Å². The van der Waals surface area contributed by atoms with Crippen molar-refractivity contribution in [1.29, 1.82) is 0 Å². The molecule has 0 aromatic carbocycles. The lowest BCUT2D eigenvalue weighted by Crippen LogP contribution is -2.18. The molecule has 0 unspecified atom stereocenters. The van der Waals surface area contributed by atoms with Gasteiger partial charge in [0.1, 0.15) is 11.0 Å². The third-order valence-corrected chi connectivity index (χ3v) is 4.93. The number of aryl methyl sites for hydroxylation is 1. The molecule has 0 amide bonds. The average Bonchev–Trinajstić information content (AvgIpc) is 2.97. The maximum absolute atomic E-state index is 12.5. The molecule has 1 fully saturated rings. The zero-order valence-corrected chi connectivity index (χ0v) is 12.5. The molecule has 1 saturated carbocycles. The molecule has 22 heavy (non-hydrogen) atoms. The van der Waals surface area contributed by atoms with Gasteiger partial charge < -0.3 is 4.52 Å². The normalized spacial score (nSPS) is 15.1. The van der Waals surface area contributed by atoms with Crippen LogP contribution >= 0.6 is 11.3 Å². The molecule has 0 atom stereocenters. The molecule has 0 spiro atoms. The fourth-order valence-corrected chi connectivity index (χ4v) is 3.58. The van der Waals surface area contributed by atoms with Gasteiger partial charge in [-0.05, 0) is 24.3 Å². The van der Waals surface area contributed by atoms with Crippen molar-refractivity contribution < 1.29 is 4.52 Å². The molecule has 0 N–H and O–H groups in total. The van der Waals surface area contributed by atoms with Gasteiger partial charge in [0.15, 0.2) is 11.3 Å². The maximum Gasteiger partial charge on any atom is 0.271 e. The quantitative estimate of drug-likeness (QED) is 0.567. The van der Waals surface area contributed by atoms with Crippen molar-refractivity contribution in [2.45, 2.75) is 18.8 Å². The molecule has 1 aliphatic rings. The smallest absolute Gasteiger partial charge is 0.271 e. The summed E-state index contributed by atoms with van der Waals surface area (Å²) >= 11 is 1.43. The Balaban J connectivity index is 1.83. The lowest BCUT2D eigenvalue weighted by molar-refractivity contribution is 0.380. The summed E-state index contributed by atoms with van der Waals surface area (Å²) in [6.45, 7) is 0. The number of fused-ring (bicyclic) bond motifs is 3. The molecule has 4 heterocycles. The largest absolute Gasteiger partial charge is 0.339 e. The van der Waals surface area contributed by atoms with Crippen LogP contribution in [0.15, 0.2) is 27.1 Å². The van der Waals surface area contributed by atoms with E-state index in [-0.39, 0.29) is 5.56 Å². The number of thiophene rings is 1. The number of nitrogens with zero attached hydrogens (tertiary/aromatic N) is 5. The van der Waals surface area contributed by atoms with E-state index >= 15 is 0 Å². The first kappa shape index (κ1) is 12.1. The van der Waals surface area contributed by atoms with Crippen molar-refractivity contribution in [2.24, 2.45) is 7.05 Å². The van der Waals surface area contributed by atoms with Crippen LogP contribution in [-0.2, 0) is 7.05 Å². The first-order valence-corrected chi connectivity index (χ1v) is 7.89. The highest BCUT2D eigenvalue weighted by Gasteiger charge is 2.30. The highest BCUT2D eigenvalue weighted by molar-refractivity contribution is 7.17. The second-order valence-electron chi connectivity index (χ2n) is 5.52. The Hall–Kier alpha value is -2.48. The molecule has 8 heteroatoms. The van der Waals surface area contributed by atoms with E-state index < -0.39 is 0 Å². The standard InChI is InChI=1S/C14H11N5O2S/c1-18-13-9(11-16-12(21-17-11)7-2-3-7)15-6-19(13)8-4-5-22-10(8)14(18)20/h4-7H,2-3H2,1H3. The summed E-state index contributed by atoms with van der Waals surface area (Å²) in [6.07, 6.45) is 3.89. The number of aromatic nitrogens is 5. The lowest BCUT2D eigenvalue weighted by Gasteiger charge is -2.04. The molecule has 0 saturated heterocycles. The zero-order chi connectivity index (χ0) is 14.8. The molecule has 5 rings (SSSR count). The van der Waals surface area contributed by atoms with Crippen molar-refractivity contribution in [2.75, 3.05) is 0 Å². The third-order valence-electron chi connectivity index (χ3n) is 4.04. The van der Waals surface area contributed by atoms with E-state index in [4.69, 9.17) is 4.52 Å². The van der Waals surface area contributed by atoms with Crippen molar-refractivity contribution in [3.63, 3.8) is 0 Å². The van der Waals surface area contributed by atoms with Gasteiger partial charge in [-0.1, -0.05) is 5.16 Å². The van der Waals surface area contributed by atoms with Gasteiger partial charge in [0.05, 0.1) is 5.52 Å². The van der Waals surface area contributed by atoms with Gasteiger partial charge >= 0.3 is 0 Å². The SMILES string of the molecule is Cn1c(=O)c2sccc2n2cnc(-c3noc(C4CC4)n3)c12. The Bertz CT molecular complexity index is 1080. The second-order valence-corrected chi connectivity index (χ2v) is 6.43. The number of rotatable bonds is 2. The fraction of sp³-hybridized carbons (Fsp3) is 0.286. The number of hydrogen-bond donors (Lipinski definition) is 0. The van der Waals surface area contributed by atoms with E-state index in [1.807, 2.05) is 15.8 Å². The van der Waals surface area contributed by atoms with E-state index in [9.17, 15) is 4.79 Å². The van der Waals surface area contributed by atoms with Gasteiger partial charge in [-0.2, -0.15) is 4.98 Å². The number of imidazole rings is 1. The van der Waals surface area contributed by atoms with Gasteiger partial charge in [0.2, 0.25) is 11.7 Å². The van der Waals surface area contributed by atoms with Crippen molar-refractivity contribution in [3.8, 4) is 11.5 Å². The van der Waals surface area contributed by atoms with Crippen LogP contribution in [0.2, 0.25) is 0 Å². The monoisotopic (exact) mass is 313 g/mol. The summed E-state index contributed by atoms with van der Waals surface area (Å²) in [5.74, 6) is 1.49. The first-order chi connectivity index (χ1) is 10.7. The van der Waals surface area contributed by atoms with Crippen LogP contribution in [0.25, 0.3) is 27.4 Å². The highest BCUT2D eigenvalue weighted by Crippen LogP contribution is 2.39. The summed E-state index contributed by atoms with van der Waals surface area (Å²) in [4.78, 5) is 21.3. The minimum atomic E-state index is -0.0369. The first-order valence-electron chi connectivity index (χ1n) is 7.01. The third kappa shape index (κ3) is 1.50. The Kier molecular flexibility index (Phi) is 2.22. The van der Waals surface area contributed by atoms with Gasteiger partial charge in [0.25, 0.3) is 5.56 Å². The lowest BCUT2D eigenvalue weighted by atomic mass is 10.3. The topological polar surface area (TPSA) is 78.2 Å². The van der Waals surface area contributed by atoms with Crippen molar-refractivity contribution >= 4 is 27.2 Å². The summed E-state index contributed by atoms with van der Waals surface area (Å²) in [5, 5.41) is 5.94. The van der Waals surface area contributed by atoms with E-state index in [1.165, 1.54) is 11.3 Å². The molecule has 0 radical (unpaired) electrons. The molecule has 7 nitrogen and oxygen atoms in total. The molecule has 110 valence electrons. The molecule has 0 bridgehead atoms. The van der Waals surface area contributed by atoms with Gasteiger partial charge in [-0.15, -0.1) is 11.3 Å². The highest BCUT2D eigenvalue weighted by atomic mass is 32.1. The molecule has 4 aromatic heterocycles. The minimum absolute atomic E-state index is 0.0369. The maximum atomic E-state index is 12.5. The van der Waals surface area contributed by atoms with Gasteiger partial charge in [-0.25, -0.2) is 4.98 Å². The van der Waals surface area contributed by atoms with E-state index in [1.54, 1.807) is 17.9 Å². The number of hydrogen-bond acceptors (Lipinski definition) is 6. The van der Waals surface area contributed by atoms with Crippen LogP contribution in [0.3, 0.4) is 0 Å². The molecule has 4 aromatic rings. The predicted octanol–water partition coefficient (Wildman–Crippen LogP) is 2.18. The Morgan fingerprint density at radius 2 is 2.27 bits per heavy atom. The van der Waals surface area contributed by atoms with Crippen LogP contribution in [0.5, 0.6) is 0 Å². The Morgan fingerprint density at radius 1 is 1.41 bits per heavy atom. The molecule has 0 aliphatic heterocycles. The Morgan fingerprint density at radius 3 is 3.09 bits per heavy atom. The second kappa shape index (κ2) is 4.04. The van der Waals surface area contributed by atoms with Gasteiger partial charge in [-0.3, -0.25) is 13.8 Å². The molecule has 1 aliphatic carbocycles. The van der Waals surface area contributed by atoms with Crippen LogP contribution < -0.4 is 5.56 Å². The minimum Gasteiger partial charge on any atom is -0.339 e. The summed E-state index contributed by atoms with van der Waals surface area (Å²) < 4.78 is 9.51. The van der Waals surface area contributed by atoms with Crippen molar-refractivity contribution in [1.82, 2.24) is 24.1 Å². The van der Waals surface area contributed by atoms with Crippen LogP contribution in [-0.4, -0.2) is 24.1 Å². The van der Waals surface area contributed by atoms with Gasteiger partial charge in [0, 0.05) is 13.0 Å². The fourth-order valence-electron chi connectivity index (χ4n) is 2.72. The van der Waals surface area contributed by atoms with E-state index in [2.05, 4.69) is 15.1 Å². The van der Waals surface area contributed by atoms with Crippen molar-refractivity contribution in [3.05, 3.63) is 34.0 Å². The van der Waals surface area contributed by atoms with Crippen LogP contribution in [0.1, 0.15) is 24.7 Å². The predicted molar refractivity (Wildman–Crippen MR) is 81.1 cm³/mol. The summed E-state index contributed by atoms with van der Waals surface area (Å²) in [7, 11) is 1.74. The Labute approximate surface area is 127 Å².